The van der Waals surface area contributed by atoms with Gasteiger partial charge in [-0.25, -0.2) is 0 Å². The number of ether oxygens (including phenoxy) is 1. The second kappa shape index (κ2) is 7.04. The molecule has 0 radical (unpaired) electrons. The lowest BCUT2D eigenvalue weighted by Crippen LogP contribution is -2.17. The molecular formula is C14H16BrNOS. The summed E-state index contributed by atoms with van der Waals surface area (Å²) in [4.78, 5) is 1.35. The van der Waals surface area contributed by atoms with Gasteiger partial charge in [0.05, 0.1) is 12.7 Å². The minimum atomic E-state index is -0.0255. The van der Waals surface area contributed by atoms with E-state index in [-0.39, 0.29) is 6.10 Å². The second-order valence-corrected chi connectivity index (χ2v) is 5.93. The lowest BCUT2D eigenvalue weighted by Gasteiger charge is -2.16. The molecule has 0 fully saturated rings. The summed E-state index contributed by atoms with van der Waals surface area (Å²) < 4.78 is 6.92. The fourth-order valence-corrected chi connectivity index (χ4v) is 2.87. The highest BCUT2D eigenvalue weighted by molar-refractivity contribution is 9.10. The van der Waals surface area contributed by atoms with Crippen molar-refractivity contribution in [2.24, 2.45) is 5.73 Å². The van der Waals surface area contributed by atoms with Gasteiger partial charge in [0.1, 0.15) is 0 Å². The molecule has 0 saturated heterocycles. The normalized spacial score (nSPS) is 12.6. The summed E-state index contributed by atoms with van der Waals surface area (Å²) in [6.07, 6.45) is 0.921. The zero-order valence-electron chi connectivity index (χ0n) is 10.0. The smallest absolute Gasteiger partial charge is 0.0947 e. The molecule has 18 heavy (non-hydrogen) atoms. The summed E-state index contributed by atoms with van der Waals surface area (Å²) in [5, 5.41) is 2.09. The highest BCUT2D eigenvalue weighted by atomic mass is 79.9. The molecular weight excluding hydrogens is 310 g/mol. The zero-order valence-corrected chi connectivity index (χ0v) is 12.4. The Kier molecular flexibility index (Phi) is 5.38. The summed E-state index contributed by atoms with van der Waals surface area (Å²) in [5.74, 6) is 0. The van der Waals surface area contributed by atoms with E-state index in [2.05, 4.69) is 39.5 Å². The first-order chi connectivity index (χ1) is 8.79. The molecule has 2 N–H and O–H groups in total. The number of nitrogens with two attached hydrogens (primary N) is 1. The number of benzene rings is 1. The predicted molar refractivity (Wildman–Crippen MR) is 79.9 cm³/mol. The molecule has 0 amide bonds. The van der Waals surface area contributed by atoms with E-state index in [1.54, 1.807) is 11.3 Å². The summed E-state index contributed by atoms with van der Waals surface area (Å²) in [6.45, 7) is 1.20. The van der Waals surface area contributed by atoms with Crippen molar-refractivity contribution in [3.8, 4) is 0 Å². The molecule has 0 aliphatic carbocycles. The van der Waals surface area contributed by atoms with E-state index >= 15 is 0 Å². The first-order valence-corrected chi connectivity index (χ1v) is 7.56. The molecule has 96 valence electrons. The first-order valence-electron chi connectivity index (χ1n) is 5.89. The number of halogens is 1. The van der Waals surface area contributed by atoms with Gasteiger partial charge in [0, 0.05) is 22.3 Å². The lowest BCUT2D eigenvalue weighted by atomic mass is 10.1. The first kappa shape index (κ1) is 13.7. The van der Waals surface area contributed by atoms with Crippen LogP contribution < -0.4 is 5.73 Å². The zero-order chi connectivity index (χ0) is 12.8. The predicted octanol–water partition coefficient (Wildman–Crippen LogP) is 3.77. The lowest BCUT2D eigenvalue weighted by molar-refractivity contribution is 0.0612. The van der Waals surface area contributed by atoms with Crippen LogP contribution in [0, 0.1) is 0 Å². The van der Waals surface area contributed by atoms with Gasteiger partial charge in [-0.05, 0) is 29.1 Å². The molecule has 1 aromatic carbocycles. The Hall–Kier alpha value is -0.680. The van der Waals surface area contributed by atoms with E-state index in [1.807, 2.05) is 18.2 Å². The van der Waals surface area contributed by atoms with Gasteiger partial charge >= 0.3 is 0 Å². The number of hydrogen-bond acceptors (Lipinski definition) is 3. The second-order valence-electron chi connectivity index (χ2n) is 3.98. The van der Waals surface area contributed by atoms with Gasteiger partial charge in [0.15, 0.2) is 0 Å². The molecule has 4 heteroatoms. The highest BCUT2D eigenvalue weighted by Crippen LogP contribution is 2.21. The molecule has 0 spiro atoms. The molecule has 2 nitrogen and oxygen atoms in total. The van der Waals surface area contributed by atoms with E-state index in [9.17, 15) is 0 Å². The Bertz CT molecular complexity index is 472. The molecule has 1 aromatic heterocycles. The summed E-state index contributed by atoms with van der Waals surface area (Å²) >= 11 is 5.23. The van der Waals surface area contributed by atoms with Crippen LogP contribution in [0.2, 0.25) is 0 Å². The van der Waals surface area contributed by atoms with Crippen molar-refractivity contribution in [3.05, 3.63) is 56.7 Å². The fourth-order valence-electron chi connectivity index (χ4n) is 1.76. The average molecular weight is 326 g/mol. The van der Waals surface area contributed by atoms with Crippen LogP contribution in [0.15, 0.2) is 46.3 Å². The van der Waals surface area contributed by atoms with Crippen molar-refractivity contribution in [1.29, 1.82) is 0 Å². The van der Waals surface area contributed by atoms with E-state index < -0.39 is 0 Å². The Morgan fingerprint density at radius 2 is 2.17 bits per heavy atom. The van der Waals surface area contributed by atoms with Crippen molar-refractivity contribution < 1.29 is 4.74 Å². The quantitative estimate of drug-likeness (QED) is 0.877. The molecule has 0 bridgehead atoms. The van der Waals surface area contributed by atoms with Crippen LogP contribution in [0.1, 0.15) is 16.5 Å². The van der Waals surface area contributed by atoms with E-state index in [1.165, 1.54) is 4.88 Å². The average Bonchev–Trinajstić information content (AvgIpc) is 2.88. The van der Waals surface area contributed by atoms with Gasteiger partial charge in [-0.1, -0.05) is 34.1 Å². The van der Waals surface area contributed by atoms with Crippen LogP contribution in [0.3, 0.4) is 0 Å². The van der Waals surface area contributed by atoms with Gasteiger partial charge in [-0.2, -0.15) is 0 Å². The SMILES string of the molecule is NCC(OCCc1cccs1)c1cccc(Br)c1. The molecule has 0 saturated carbocycles. The molecule has 2 aromatic rings. The minimum absolute atomic E-state index is 0.0255. The van der Waals surface area contributed by atoms with Crippen LogP contribution in [0.25, 0.3) is 0 Å². The molecule has 0 aliphatic rings. The third-order valence-corrected chi connectivity index (χ3v) is 4.11. The third kappa shape index (κ3) is 3.92. The summed E-state index contributed by atoms with van der Waals surface area (Å²) in [7, 11) is 0. The summed E-state index contributed by atoms with van der Waals surface area (Å²) in [5.41, 5.74) is 6.90. The van der Waals surface area contributed by atoms with Gasteiger partial charge in [-0.15, -0.1) is 11.3 Å². The molecule has 0 aliphatic heterocycles. The van der Waals surface area contributed by atoms with Crippen LogP contribution in [-0.4, -0.2) is 13.2 Å². The molecule has 1 heterocycles. The molecule has 1 atom stereocenters. The van der Waals surface area contributed by atoms with Crippen molar-refractivity contribution in [2.45, 2.75) is 12.5 Å². The monoisotopic (exact) mass is 325 g/mol. The standard InChI is InChI=1S/C14H16BrNOS/c15-12-4-1-3-11(9-12)14(10-16)17-7-6-13-5-2-8-18-13/h1-5,8-9,14H,6-7,10,16H2. The highest BCUT2D eigenvalue weighted by Gasteiger charge is 2.10. The third-order valence-electron chi connectivity index (χ3n) is 2.68. The number of hydrogen-bond donors (Lipinski definition) is 1. The van der Waals surface area contributed by atoms with E-state index in [0.717, 1.165) is 16.5 Å². The summed E-state index contributed by atoms with van der Waals surface area (Å²) in [6, 6.07) is 12.3. The van der Waals surface area contributed by atoms with Gasteiger partial charge in [0.25, 0.3) is 0 Å². The van der Waals surface area contributed by atoms with Gasteiger partial charge < -0.3 is 10.5 Å². The number of thiophene rings is 1. The van der Waals surface area contributed by atoms with Gasteiger partial charge in [-0.3, -0.25) is 0 Å². The Labute approximate surface area is 120 Å². The molecule has 2 rings (SSSR count). The van der Waals surface area contributed by atoms with Crippen LogP contribution in [0.4, 0.5) is 0 Å². The van der Waals surface area contributed by atoms with Crippen molar-refractivity contribution in [1.82, 2.24) is 0 Å². The Balaban J connectivity index is 1.89. The maximum absolute atomic E-state index is 5.87. The van der Waals surface area contributed by atoms with Crippen molar-refractivity contribution >= 4 is 27.3 Å². The largest absolute Gasteiger partial charge is 0.372 e. The Morgan fingerprint density at radius 3 is 2.83 bits per heavy atom. The van der Waals surface area contributed by atoms with Crippen LogP contribution in [-0.2, 0) is 11.2 Å². The van der Waals surface area contributed by atoms with Crippen LogP contribution in [0.5, 0.6) is 0 Å². The minimum Gasteiger partial charge on any atom is -0.372 e. The van der Waals surface area contributed by atoms with Crippen molar-refractivity contribution in [2.75, 3.05) is 13.2 Å². The van der Waals surface area contributed by atoms with Gasteiger partial charge in [0.2, 0.25) is 0 Å². The maximum Gasteiger partial charge on any atom is 0.0947 e. The molecule has 1 unspecified atom stereocenters. The van der Waals surface area contributed by atoms with Crippen LogP contribution >= 0.6 is 27.3 Å². The van der Waals surface area contributed by atoms with E-state index in [0.29, 0.717) is 13.2 Å². The topological polar surface area (TPSA) is 35.2 Å². The maximum atomic E-state index is 5.87. The van der Waals surface area contributed by atoms with E-state index in [4.69, 9.17) is 10.5 Å². The Morgan fingerprint density at radius 1 is 1.28 bits per heavy atom. The fraction of sp³-hybridized carbons (Fsp3) is 0.286. The number of rotatable bonds is 6. The van der Waals surface area contributed by atoms with Crippen molar-refractivity contribution in [3.63, 3.8) is 0 Å².